The summed E-state index contributed by atoms with van der Waals surface area (Å²) in [4.78, 5) is 0. The Hall–Kier alpha value is -1.77. The second kappa shape index (κ2) is 65.9. The summed E-state index contributed by atoms with van der Waals surface area (Å²) < 4.78 is 1.58. The molecule has 0 bridgehead atoms. The third kappa shape index (κ3) is 45.6. The van der Waals surface area contributed by atoms with Gasteiger partial charge in [-0.05, 0) is 74.4 Å². The van der Waals surface area contributed by atoms with Gasteiger partial charge in [-0.25, -0.2) is 4.70 Å². The van der Waals surface area contributed by atoms with Crippen LogP contribution < -0.4 is 0 Å². The fourth-order valence-electron chi connectivity index (χ4n) is 13.9. The van der Waals surface area contributed by atoms with Crippen LogP contribution in [-0.2, 0) is 29.0 Å². The predicted octanol–water partition coefficient (Wildman–Crippen LogP) is 31.2. The van der Waals surface area contributed by atoms with Gasteiger partial charge in [-0.1, -0.05) is 412 Å². The number of allylic oxidation sites excluding steroid dienone is 2. The first-order valence-electron chi connectivity index (χ1n) is 40.5. The summed E-state index contributed by atoms with van der Waals surface area (Å²) in [6.45, 7) is 26.4. The molecular formula is C86H156N2NiSi. The smallest absolute Gasteiger partial charge is 0.493 e. The van der Waals surface area contributed by atoms with Gasteiger partial charge in [-0.3, -0.25) is 0 Å². The molecule has 2 aromatic carbocycles. The zero-order valence-electron chi connectivity index (χ0n) is 62.2. The van der Waals surface area contributed by atoms with E-state index in [1.807, 2.05) is 0 Å². The van der Waals surface area contributed by atoms with Crippen LogP contribution in [0.15, 0.2) is 59.7 Å². The molecule has 0 fully saturated rings. The summed E-state index contributed by atoms with van der Waals surface area (Å²) in [6.07, 6.45) is 77.6. The molecule has 1 heterocycles. The third-order valence-electron chi connectivity index (χ3n) is 20.5. The van der Waals surface area contributed by atoms with Crippen LogP contribution in [0, 0.1) is 13.8 Å². The van der Waals surface area contributed by atoms with Crippen molar-refractivity contribution < 1.29 is 21.2 Å². The van der Waals surface area contributed by atoms with Crippen molar-refractivity contribution in [2.45, 2.75) is 439 Å². The minimum absolute atomic E-state index is 0. The largest absolute Gasteiger partial charge is 2.00 e. The van der Waals surface area contributed by atoms with Gasteiger partial charge in [0.25, 0.3) is 0 Å². The molecule has 0 radical (unpaired) electrons. The van der Waals surface area contributed by atoms with Gasteiger partial charge in [0, 0.05) is 22.3 Å². The van der Waals surface area contributed by atoms with Gasteiger partial charge in [0.1, 0.15) is 0 Å². The monoisotopic (exact) mass is 1300 g/mol. The summed E-state index contributed by atoms with van der Waals surface area (Å²) in [5, 5.41) is 0. The van der Waals surface area contributed by atoms with Gasteiger partial charge < -0.3 is 19.4 Å². The van der Waals surface area contributed by atoms with Crippen molar-refractivity contribution in [1.82, 2.24) is 0 Å². The van der Waals surface area contributed by atoms with Gasteiger partial charge in [0.2, 0.25) is 11.4 Å². The Morgan fingerprint density at radius 2 is 0.578 bits per heavy atom. The number of benzene rings is 2. The van der Waals surface area contributed by atoms with Crippen molar-refractivity contribution in [3.05, 3.63) is 101 Å². The van der Waals surface area contributed by atoms with Crippen LogP contribution in [0.1, 0.15) is 431 Å². The molecule has 0 saturated carbocycles. The van der Waals surface area contributed by atoms with Crippen molar-refractivity contribution in [3.8, 4) is 0 Å². The van der Waals surface area contributed by atoms with E-state index in [2.05, 4.69) is 118 Å². The van der Waals surface area contributed by atoms with Crippen molar-refractivity contribution >= 4 is 19.5 Å². The zero-order valence-corrected chi connectivity index (χ0v) is 64.2. The fourth-order valence-corrected chi connectivity index (χ4v) is 17.2. The van der Waals surface area contributed by atoms with E-state index in [4.69, 9.17) is 0 Å². The molecule has 1 aliphatic heterocycles. The van der Waals surface area contributed by atoms with E-state index in [0.29, 0.717) is 0 Å². The summed E-state index contributed by atoms with van der Waals surface area (Å²) in [6, 6.07) is 23.7. The van der Waals surface area contributed by atoms with Crippen LogP contribution in [0.3, 0.4) is 0 Å². The van der Waals surface area contributed by atoms with Gasteiger partial charge in [0.15, 0.2) is 0 Å². The average Bonchev–Trinajstić information content (AvgIpc) is 1.70. The topological polar surface area (TPSA) is 25.3 Å². The predicted molar refractivity (Wildman–Crippen MR) is 408 cm³/mol. The van der Waals surface area contributed by atoms with Crippen molar-refractivity contribution in [2.75, 3.05) is 0 Å². The quantitative estimate of drug-likeness (QED) is 0.0273. The van der Waals surface area contributed by atoms with E-state index in [0.717, 1.165) is 61.9 Å². The summed E-state index contributed by atoms with van der Waals surface area (Å²) in [5.74, 6) is 0. The summed E-state index contributed by atoms with van der Waals surface area (Å²) in [7, 11) is -1.24. The van der Waals surface area contributed by atoms with Crippen molar-refractivity contribution in [2.24, 2.45) is 0 Å². The Bertz CT molecular complexity index is 1820. The van der Waals surface area contributed by atoms with E-state index < -0.39 is 8.07 Å². The summed E-state index contributed by atoms with van der Waals surface area (Å²) >= 11 is 0. The van der Waals surface area contributed by atoms with E-state index in [9.17, 15) is 5.53 Å². The van der Waals surface area contributed by atoms with Gasteiger partial charge in [0.05, 0.1) is 8.07 Å². The van der Waals surface area contributed by atoms with Crippen LogP contribution in [0.4, 0.5) is 0 Å². The molecule has 2 aromatic rings. The maximum absolute atomic E-state index is 12.0. The van der Waals surface area contributed by atoms with E-state index in [1.165, 1.54) is 367 Å². The van der Waals surface area contributed by atoms with Crippen LogP contribution in [0.25, 0.3) is 16.9 Å². The first kappa shape index (κ1) is 88.2. The van der Waals surface area contributed by atoms with Gasteiger partial charge in [-0.15, -0.1) is 0 Å². The van der Waals surface area contributed by atoms with Crippen molar-refractivity contribution in [1.29, 1.82) is 0 Å². The Balaban J connectivity index is 0.00000144. The number of nitrogens with zero attached hydrogens (tertiary/aromatic N) is 2. The number of unbranched alkanes of at least 4 members (excludes halogenated alkanes) is 48. The maximum atomic E-state index is 12.0. The molecule has 0 atom stereocenters. The second-order valence-electron chi connectivity index (χ2n) is 28.3. The zero-order chi connectivity index (χ0) is 64.8. The van der Waals surface area contributed by atoms with Gasteiger partial charge >= 0.3 is 16.5 Å². The molecule has 524 valence electrons. The van der Waals surface area contributed by atoms with Crippen LogP contribution in [-0.4, -0.2) is 12.8 Å². The number of hydrogen-bond donors (Lipinski definition) is 0. The Kier molecular flexibility index (Phi) is 64.6. The van der Waals surface area contributed by atoms with Gasteiger partial charge in [-0.2, -0.15) is 12.8 Å². The molecule has 2 nitrogen and oxygen atoms in total. The van der Waals surface area contributed by atoms with E-state index in [-0.39, 0.29) is 16.5 Å². The Labute approximate surface area is 577 Å². The SMILES string of the molecule is CCCCCCCCc1cccc(C2=C(CCCC)C(CCCCC)=C(c3ccc(C[Si](CC)(CC)CC)cc3)[N+]2=[N-])c1.[CH2-]CCCCCCCCCCCCCCCCCCCCCC.[CH2-]CCCCCCCCCCCCCCCCCCCCCC.[Ni+2]. The van der Waals surface area contributed by atoms with Crippen LogP contribution >= 0.6 is 0 Å². The minimum Gasteiger partial charge on any atom is -0.493 e. The molecule has 0 amide bonds. The summed E-state index contributed by atoms with van der Waals surface area (Å²) in [5.41, 5.74) is 22.0. The second-order valence-corrected chi connectivity index (χ2v) is 33.8. The van der Waals surface area contributed by atoms with Crippen LogP contribution in [0.5, 0.6) is 0 Å². The maximum Gasteiger partial charge on any atom is 2.00 e. The van der Waals surface area contributed by atoms with Crippen molar-refractivity contribution in [3.63, 3.8) is 0 Å². The number of rotatable bonds is 61. The standard InChI is InChI=1S/C40H62N2Si.2C23H47.Ni/c1-7-13-16-17-18-20-22-33-23-21-24-36(31-33)40-37(25-15-9-3)38(26-19-14-8-2)39(42(40)41)35-29-27-34(28-30-35)32-43(10-4,11-5)12-6;2*1-3-5-7-9-11-13-15-17-19-21-23-22-20-18-16-14-12-10-8-6-4-2;/h21,23-24,27-31H,7-20,22,25-26,32H2,1-6H3;2*1,3-23H2,2H3;/q;2*-1;+2. The minimum atomic E-state index is -1.24. The molecule has 90 heavy (non-hydrogen) atoms. The number of hydrogen-bond acceptors (Lipinski definition) is 0. The Morgan fingerprint density at radius 1 is 0.300 bits per heavy atom. The molecule has 3 rings (SSSR count). The molecule has 0 saturated heterocycles. The molecule has 4 heteroatoms. The molecule has 1 aliphatic rings. The fraction of sp³-hybridized carbons (Fsp3) is 0.791. The average molecular weight is 1300 g/mol. The first-order chi connectivity index (χ1) is 43.8. The Morgan fingerprint density at radius 3 is 0.900 bits per heavy atom. The van der Waals surface area contributed by atoms with Crippen LogP contribution in [0.2, 0.25) is 18.1 Å². The third-order valence-corrected chi connectivity index (χ3v) is 26.1. The normalized spacial score (nSPS) is 12.4. The van der Waals surface area contributed by atoms with E-state index >= 15 is 0 Å². The molecular weight excluding hydrogens is 1150 g/mol. The molecule has 0 spiro atoms. The number of aryl methyl sites for hydroxylation is 1. The molecule has 0 N–H and O–H groups in total. The molecule has 0 unspecified atom stereocenters. The molecule has 0 aliphatic carbocycles. The first-order valence-corrected chi connectivity index (χ1v) is 43.4. The molecule has 0 aromatic heterocycles. The van der Waals surface area contributed by atoms with E-state index in [1.54, 1.807) is 4.70 Å².